The Morgan fingerprint density at radius 3 is 2.17 bits per heavy atom. The molecule has 0 radical (unpaired) electrons. The number of fused-ring (bicyclic) bond motifs is 1. The van der Waals surface area contributed by atoms with E-state index in [-0.39, 0.29) is 65.6 Å². The minimum Gasteiger partial charge on any atom is -0.462 e. The van der Waals surface area contributed by atoms with Gasteiger partial charge in [0.05, 0.1) is 40.8 Å². The number of carbonyl (C=O) groups excluding carboxylic acids is 3. The van der Waals surface area contributed by atoms with E-state index < -0.39 is 38.7 Å². The van der Waals surface area contributed by atoms with E-state index >= 15 is 0 Å². The van der Waals surface area contributed by atoms with Gasteiger partial charge in [0.2, 0.25) is 0 Å². The summed E-state index contributed by atoms with van der Waals surface area (Å²) in [6.07, 6.45) is -0.0125. The maximum Gasteiger partial charge on any atom is 0.336 e. The Bertz CT molecular complexity index is 1610. The lowest BCUT2D eigenvalue weighted by atomic mass is 9.79. The average molecular weight is 600 g/mol. The fraction of sp³-hybridized carbons (Fsp3) is 0.321. The number of hydrogen-bond acceptors (Lipinski definition) is 11. The third-order valence-corrected chi connectivity index (χ3v) is 8.66. The highest BCUT2D eigenvalue weighted by atomic mass is 32.2. The van der Waals surface area contributed by atoms with E-state index in [1.807, 2.05) is 0 Å². The van der Waals surface area contributed by atoms with Gasteiger partial charge in [-0.3, -0.25) is 14.9 Å². The van der Waals surface area contributed by atoms with Gasteiger partial charge in [-0.1, -0.05) is 30.3 Å². The van der Waals surface area contributed by atoms with Crippen LogP contribution in [-0.4, -0.2) is 69.0 Å². The number of nitrogens with one attached hydrogen (secondary N) is 1. The Morgan fingerprint density at radius 2 is 1.55 bits per heavy atom. The van der Waals surface area contributed by atoms with Gasteiger partial charge >= 0.3 is 11.9 Å². The summed E-state index contributed by atoms with van der Waals surface area (Å²) in [6.45, 7) is 2.69. The Morgan fingerprint density at radius 1 is 0.952 bits per heavy atom. The smallest absolute Gasteiger partial charge is 0.336 e. The molecule has 2 aliphatic heterocycles. The van der Waals surface area contributed by atoms with E-state index in [2.05, 4.69) is 5.32 Å². The molecule has 0 spiro atoms. The van der Waals surface area contributed by atoms with E-state index in [0.29, 0.717) is 11.4 Å². The second kappa shape index (κ2) is 12.5. The van der Waals surface area contributed by atoms with Crippen LogP contribution in [0.4, 0.5) is 5.69 Å². The van der Waals surface area contributed by atoms with Crippen LogP contribution in [0.3, 0.4) is 0 Å². The number of esters is 2. The predicted molar refractivity (Wildman–Crippen MR) is 147 cm³/mol. The maximum absolute atomic E-state index is 13.5. The van der Waals surface area contributed by atoms with Crippen molar-refractivity contribution in [2.45, 2.75) is 31.1 Å². The summed E-state index contributed by atoms with van der Waals surface area (Å²) in [5, 5.41) is 14.9. The molecule has 0 aliphatic carbocycles. The van der Waals surface area contributed by atoms with E-state index in [0.717, 1.165) is 4.31 Å². The van der Waals surface area contributed by atoms with Crippen LogP contribution in [0.1, 0.15) is 42.1 Å². The largest absolute Gasteiger partial charge is 0.462 e. The summed E-state index contributed by atoms with van der Waals surface area (Å²) in [5.74, 6) is -3.54. The Balaban J connectivity index is 1.57. The third kappa shape index (κ3) is 5.76. The van der Waals surface area contributed by atoms with Crippen LogP contribution >= 0.6 is 0 Å². The SMILES string of the molecule is COCCOC(=O)C1=C(C)NC(C)=C(C(=O)OCCCN2C(=O)c3ccccc3S2(=O)=O)C1c1ccccc1[N+](=O)[O-]. The summed E-state index contributed by atoms with van der Waals surface area (Å²) in [4.78, 5) is 50.6. The lowest BCUT2D eigenvalue weighted by molar-refractivity contribution is -0.385. The number of ether oxygens (including phenoxy) is 3. The number of nitrogens with zero attached hydrogens (tertiary/aromatic N) is 2. The van der Waals surface area contributed by atoms with Crippen LogP contribution < -0.4 is 5.32 Å². The van der Waals surface area contributed by atoms with Gasteiger partial charge in [-0.2, -0.15) is 0 Å². The highest BCUT2D eigenvalue weighted by Crippen LogP contribution is 2.42. The van der Waals surface area contributed by atoms with Gasteiger partial charge in [0, 0.05) is 43.1 Å². The number of amides is 1. The van der Waals surface area contributed by atoms with Gasteiger partial charge < -0.3 is 19.5 Å². The zero-order valence-electron chi connectivity index (χ0n) is 23.1. The zero-order chi connectivity index (χ0) is 30.6. The first-order valence-electron chi connectivity index (χ1n) is 12.9. The number of sulfonamides is 1. The minimum atomic E-state index is -4.02. The van der Waals surface area contributed by atoms with Crippen molar-refractivity contribution in [1.29, 1.82) is 0 Å². The quantitative estimate of drug-likeness (QED) is 0.174. The van der Waals surface area contributed by atoms with Crippen molar-refractivity contribution in [3.63, 3.8) is 0 Å². The van der Waals surface area contributed by atoms with Crippen LogP contribution in [0.15, 0.2) is 76.0 Å². The summed E-state index contributed by atoms with van der Waals surface area (Å²) >= 11 is 0. The van der Waals surface area contributed by atoms with Crippen molar-refractivity contribution in [1.82, 2.24) is 9.62 Å². The number of rotatable bonds is 11. The molecule has 42 heavy (non-hydrogen) atoms. The first-order chi connectivity index (χ1) is 20.0. The molecule has 0 saturated heterocycles. The zero-order valence-corrected chi connectivity index (χ0v) is 23.9. The number of methoxy groups -OCH3 is 1. The Kier molecular flexibility index (Phi) is 9.07. The number of nitro groups is 1. The van der Waals surface area contributed by atoms with E-state index in [9.17, 15) is 32.9 Å². The Labute approximate surface area is 241 Å². The van der Waals surface area contributed by atoms with E-state index in [1.165, 1.54) is 43.5 Å². The average Bonchev–Trinajstić information content (AvgIpc) is 3.15. The molecule has 1 amide bonds. The molecule has 1 atom stereocenters. The van der Waals surface area contributed by atoms with Crippen molar-refractivity contribution in [2.24, 2.45) is 0 Å². The van der Waals surface area contributed by atoms with Crippen molar-refractivity contribution in [2.75, 3.05) is 33.5 Å². The molecule has 13 nitrogen and oxygen atoms in total. The molecule has 14 heteroatoms. The number of para-hydroxylation sites is 1. The highest BCUT2D eigenvalue weighted by molar-refractivity contribution is 7.90. The van der Waals surface area contributed by atoms with Gasteiger partial charge in [-0.25, -0.2) is 22.3 Å². The van der Waals surface area contributed by atoms with Crippen LogP contribution in [0, 0.1) is 10.1 Å². The fourth-order valence-corrected chi connectivity index (χ4v) is 6.55. The third-order valence-electron chi connectivity index (χ3n) is 6.82. The number of allylic oxidation sites excluding steroid dienone is 2. The van der Waals surface area contributed by atoms with Crippen LogP contribution in [0.5, 0.6) is 0 Å². The molecule has 1 unspecified atom stereocenters. The number of hydrogen-bond donors (Lipinski definition) is 1. The maximum atomic E-state index is 13.5. The second-order valence-corrected chi connectivity index (χ2v) is 11.3. The summed E-state index contributed by atoms with van der Waals surface area (Å²) in [7, 11) is -2.59. The monoisotopic (exact) mass is 599 g/mol. The molecule has 2 aliphatic rings. The summed E-state index contributed by atoms with van der Waals surface area (Å²) < 4.78 is 42.0. The number of nitro benzene ring substituents is 1. The molecule has 4 rings (SSSR count). The molecule has 222 valence electrons. The molecule has 1 N–H and O–H groups in total. The highest BCUT2D eigenvalue weighted by Gasteiger charge is 2.42. The number of benzene rings is 2. The van der Waals surface area contributed by atoms with Crippen LogP contribution in [0.25, 0.3) is 0 Å². The minimum absolute atomic E-state index is 0.00975. The standard InChI is InChI=1S/C28H29N3O10S/c1-17-23(27(33)40-14-8-13-30-26(32)20-10-5-7-12-22(20)42(30,37)38)25(19-9-4-6-11-21(19)31(35)36)24(18(2)29-17)28(34)41-16-15-39-3/h4-7,9-12,25,29H,8,13-16H2,1-3H3. The van der Waals surface area contributed by atoms with Crippen LogP contribution in [0.2, 0.25) is 0 Å². The molecule has 0 fully saturated rings. The molecule has 0 bridgehead atoms. The van der Waals surface area contributed by atoms with Crippen molar-refractivity contribution >= 4 is 33.6 Å². The van der Waals surface area contributed by atoms with Crippen molar-refractivity contribution in [3.8, 4) is 0 Å². The molecule has 2 aromatic carbocycles. The van der Waals surface area contributed by atoms with Gasteiger partial charge in [0.15, 0.2) is 0 Å². The molecular formula is C28H29N3O10S. The molecule has 0 saturated carbocycles. The van der Waals surface area contributed by atoms with Gasteiger partial charge in [-0.15, -0.1) is 0 Å². The molecular weight excluding hydrogens is 570 g/mol. The summed E-state index contributed by atoms with van der Waals surface area (Å²) in [5.41, 5.74) is 0.432. The summed E-state index contributed by atoms with van der Waals surface area (Å²) in [6, 6.07) is 11.6. The first-order valence-corrected chi connectivity index (χ1v) is 14.4. The topological polar surface area (TPSA) is 171 Å². The van der Waals surface area contributed by atoms with Gasteiger partial charge in [0.25, 0.3) is 21.6 Å². The molecule has 2 heterocycles. The molecule has 0 aromatic heterocycles. The number of dihydropyridines is 1. The fourth-order valence-electron chi connectivity index (χ4n) is 4.94. The Hall–Kier alpha value is -4.56. The van der Waals surface area contributed by atoms with E-state index in [4.69, 9.17) is 14.2 Å². The lowest BCUT2D eigenvalue weighted by Crippen LogP contribution is -2.34. The van der Waals surface area contributed by atoms with Crippen LogP contribution in [-0.2, 0) is 33.8 Å². The van der Waals surface area contributed by atoms with Gasteiger partial charge in [0.1, 0.15) is 11.5 Å². The van der Waals surface area contributed by atoms with Crippen molar-refractivity contribution in [3.05, 3.63) is 92.3 Å². The molecule has 2 aromatic rings. The van der Waals surface area contributed by atoms with E-state index in [1.54, 1.807) is 26.0 Å². The number of carbonyl (C=O) groups is 3. The lowest BCUT2D eigenvalue weighted by Gasteiger charge is -2.30. The van der Waals surface area contributed by atoms with Crippen molar-refractivity contribution < 1.29 is 41.9 Å². The van der Waals surface area contributed by atoms with Gasteiger partial charge in [-0.05, 0) is 26.0 Å². The second-order valence-electron chi connectivity index (χ2n) is 9.45. The first kappa shape index (κ1) is 30.4. The predicted octanol–water partition coefficient (Wildman–Crippen LogP) is 2.80. The normalized spacial score (nSPS) is 17.5.